The molecule has 0 aliphatic heterocycles. The summed E-state index contributed by atoms with van der Waals surface area (Å²) in [6, 6.07) is 7.19. The number of rotatable bonds is 5. The van der Waals surface area contributed by atoms with Crippen LogP contribution in [0, 0.1) is 19.8 Å². The second kappa shape index (κ2) is 6.89. The molecular formula is C17H25NO2. The molecule has 0 spiro atoms. The zero-order valence-electron chi connectivity index (χ0n) is 12.5. The van der Waals surface area contributed by atoms with Crippen molar-refractivity contribution in [3.63, 3.8) is 0 Å². The first kappa shape index (κ1) is 15.0. The number of carboxylic acid groups (broad SMARTS) is 1. The Morgan fingerprint density at radius 3 is 2.30 bits per heavy atom. The number of nitrogens with one attached hydrogen (secondary N) is 1. The predicted octanol–water partition coefficient (Wildman–Crippen LogP) is 3.08. The average Bonchev–Trinajstić information content (AvgIpc) is 2.38. The van der Waals surface area contributed by atoms with E-state index in [2.05, 4.69) is 37.4 Å². The van der Waals surface area contributed by atoms with Gasteiger partial charge in [-0.05, 0) is 58.1 Å². The third kappa shape index (κ3) is 4.34. The van der Waals surface area contributed by atoms with Gasteiger partial charge in [0, 0.05) is 6.04 Å². The van der Waals surface area contributed by atoms with Gasteiger partial charge in [-0.3, -0.25) is 4.79 Å². The molecule has 0 unspecified atom stereocenters. The third-order valence-electron chi connectivity index (χ3n) is 4.20. The minimum absolute atomic E-state index is 0.118. The van der Waals surface area contributed by atoms with Crippen LogP contribution in [-0.2, 0) is 11.2 Å². The molecule has 0 bridgehead atoms. The Labute approximate surface area is 121 Å². The molecule has 110 valence electrons. The maximum Gasteiger partial charge on any atom is 0.306 e. The van der Waals surface area contributed by atoms with Crippen molar-refractivity contribution in [2.75, 3.05) is 6.54 Å². The van der Waals surface area contributed by atoms with Crippen molar-refractivity contribution < 1.29 is 9.90 Å². The van der Waals surface area contributed by atoms with Gasteiger partial charge in [0.05, 0.1) is 5.92 Å². The standard InChI is InChI=1S/C17H25NO2/c1-12-9-13(2)11-14(10-12)7-8-18-16-5-3-15(4-6-16)17(19)20/h9-11,15-16,18H,3-8H2,1-2H3,(H,19,20). The topological polar surface area (TPSA) is 49.3 Å². The second-order valence-electron chi connectivity index (χ2n) is 6.09. The van der Waals surface area contributed by atoms with E-state index in [-0.39, 0.29) is 5.92 Å². The average molecular weight is 275 g/mol. The summed E-state index contributed by atoms with van der Waals surface area (Å²) in [7, 11) is 0. The zero-order chi connectivity index (χ0) is 14.5. The fourth-order valence-corrected chi connectivity index (χ4v) is 3.18. The highest BCUT2D eigenvalue weighted by atomic mass is 16.4. The number of hydrogen-bond acceptors (Lipinski definition) is 2. The van der Waals surface area contributed by atoms with Crippen molar-refractivity contribution in [3.8, 4) is 0 Å². The number of aryl methyl sites for hydroxylation is 2. The van der Waals surface area contributed by atoms with Crippen molar-refractivity contribution >= 4 is 5.97 Å². The molecule has 1 aliphatic rings. The quantitative estimate of drug-likeness (QED) is 0.868. The van der Waals surface area contributed by atoms with E-state index in [1.54, 1.807) is 0 Å². The van der Waals surface area contributed by atoms with E-state index in [0.29, 0.717) is 6.04 Å². The highest BCUT2D eigenvalue weighted by Crippen LogP contribution is 2.24. The number of benzene rings is 1. The van der Waals surface area contributed by atoms with Crippen LogP contribution in [0.3, 0.4) is 0 Å². The van der Waals surface area contributed by atoms with Crippen LogP contribution >= 0.6 is 0 Å². The van der Waals surface area contributed by atoms with Crippen LogP contribution < -0.4 is 5.32 Å². The zero-order valence-corrected chi connectivity index (χ0v) is 12.5. The Kier molecular flexibility index (Phi) is 5.18. The van der Waals surface area contributed by atoms with Crippen molar-refractivity contribution in [2.24, 2.45) is 5.92 Å². The van der Waals surface area contributed by atoms with Gasteiger partial charge >= 0.3 is 5.97 Å². The molecule has 2 N–H and O–H groups in total. The first-order valence-corrected chi connectivity index (χ1v) is 7.58. The smallest absolute Gasteiger partial charge is 0.306 e. The maximum atomic E-state index is 10.9. The number of hydrogen-bond donors (Lipinski definition) is 2. The lowest BCUT2D eigenvalue weighted by Gasteiger charge is -2.27. The number of carbonyl (C=O) groups is 1. The van der Waals surface area contributed by atoms with Gasteiger partial charge in [-0.25, -0.2) is 0 Å². The van der Waals surface area contributed by atoms with Gasteiger partial charge in [0.2, 0.25) is 0 Å². The Morgan fingerprint density at radius 2 is 1.75 bits per heavy atom. The molecule has 2 rings (SSSR count). The van der Waals surface area contributed by atoms with E-state index >= 15 is 0 Å². The van der Waals surface area contributed by atoms with Gasteiger partial charge < -0.3 is 10.4 Å². The van der Waals surface area contributed by atoms with Crippen LogP contribution in [-0.4, -0.2) is 23.7 Å². The van der Waals surface area contributed by atoms with Crippen LogP contribution in [0.25, 0.3) is 0 Å². The molecule has 0 atom stereocenters. The molecule has 20 heavy (non-hydrogen) atoms. The monoisotopic (exact) mass is 275 g/mol. The summed E-state index contributed by atoms with van der Waals surface area (Å²) < 4.78 is 0. The van der Waals surface area contributed by atoms with Crippen LogP contribution in [0.2, 0.25) is 0 Å². The van der Waals surface area contributed by atoms with Gasteiger partial charge in [0.1, 0.15) is 0 Å². The highest BCUT2D eigenvalue weighted by molar-refractivity contribution is 5.70. The maximum absolute atomic E-state index is 10.9. The molecule has 3 nitrogen and oxygen atoms in total. The van der Waals surface area contributed by atoms with Crippen molar-refractivity contribution in [1.82, 2.24) is 5.32 Å². The lowest BCUT2D eigenvalue weighted by molar-refractivity contribution is -0.142. The summed E-state index contributed by atoms with van der Waals surface area (Å²) in [4.78, 5) is 10.9. The normalized spacial score (nSPS) is 22.7. The Hall–Kier alpha value is -1.35. The highest BCUT2D eigenvalue weighted by Gasteiger charge is 2.25. The van der Waals surface area contributed by atoms with E-state index in [1.807, 2.05) is 0 Å². The largest absolute Gasteiger partial charge is 0.481 e. The van der Waals surface area contributed by atoms with Gasteiger partial charge in [-0.15, -0.1) is 0 Å². The van der Waals surface area contributed by atoms with E-state index in [1.165, 1.54) is 16.7 Å². The van der Waals surface area contributed by atoms with E-state index < -0.39 is 5.97 Å². The molecule has 1 saturated carbocycles. The molecule has 1 aliphatic carbocycles. The van der Waals surface area contributed by atoms with Gasteiger partial charge in [-0.2, -0.15) is 0 Å². The van der Waals surface area contributed by atoms with E-state index in [9.17, 15) is 4.79 Å². The molecular weight excluding hydrogens is 250 g/mol. The van der Waals surface area contributed by atoms with Crippen LogP contribution in [0.5, 0.6) is 0 Å². The second-order valence-corrected chi connectivity index (χ2v) is 6.09. The number of carboxylic acids is 1. The molecule has 0 amide bonds. The minimum atomic E-state index is -0.626. The van der Waals surface area contributed by atoms with Crippen molar-refractivity contribution in [1.29, 1.82) is 0 Å². The number of aliphatic carboxylic acids is 1. The van der Waals surface area contributed by atoms with Crippen LogP contribution in [0.4, 0.5) is 0 Å². The lowest BCUT2D eigenvalue weighted by atomic mass is 9.86. The summed E-state index contributed by atoms with van der Waals surface area (Å²) in [5.74, 6) is -0.744. The first-order chi connectivity index (χ1) is 9.54. The summed E-state index contributed by atoms with van der Waals surface area (Å²) in [6.07, 6.45) is 4.65. The molecule has 0 heterocycles. The molecule has 0 radical (unpaired) electrons. The van der Waals surface area contributed by atoms with Crippen LogP contribution in [0.1, 0.15) is 42.4 Å². The fraction of sp³-hybridized carbons (Fsp3) is 0.588. The lowest BCUT2D eigenvalue weighted by Crippen LogP contribution is -2.36. The summed E-state index contributed by atoms with van der Waals surface area (Å²) in [6.45, 7) is 5.25. The Bertz CT molecular complexity index is 442. The Morgan fingerprint density at radius 1 is 1.15 bits per heavy atom. The van der Waals surface area contributed by atoms with Gasteiger partial charge in [0.15, 0.2) is 0 Å². The summed E-state index contributed by atoms with van der Waals surface area (Å²) in [5, 5.41) is 12.6. The predicted molar refractivity (Wildman–Crippen MR) is 81.0 cm³/mol. The fourth-order valence-electron chi connectivity index (χ4n) is 3.18. The van der Waals surface area contributed by atoms with Crippen molar-refractivity contribution in [2.45, 2.75) is 52.0 Å². The van der Waals surface area contributed by atoms with E-state index in [4.69, 9.17) is 5.11 Å². The molecule has 1 aromatic rings. The van der Waals surface area contributed by atoms with Crippen molar-refractivity contribution in [3.05, 3.63) is 34.9 Å². The van der Waals surface area contributed by atoms with Gasteiger partial charge in [0.25, 0.3) is 0 Å². The molecule has 1 aromatic carbocycles. The molecule has 1 fully saturated rings. The molecule has 3 heteroatoms. The third-order valence-corrected chi connectivity index (χ3v) is 4.20. The summed E-state index contributed by atoms with van der Waals surface area (Å²) in [5.41, 5.74) is 4.03. The van der Waals surface area contributed by atoms with Gasteiger partial charge in [-0.1, -0.05) is 29.3 Å². The van der Waals surface area contributed by atoms with E-state index in [0.717, 1.165) is 38.6 Å². The minimum Gasteiger partial charge on any atom is -0.481 e. The van der Waals surface area contributed by atoms with Crippen LogP contribution in [0.15, 0.2) is 18.2 Å². The summed E-state index contributed by atoms with van der Waals surface area (Å²) >= 11 is 0. The Balaban J connectivity index is 1.73. The molecule has 0 aromatic heterocycles. The first-order valence-electron chi connectivity index (χ1n) is 7.58. The molecule has 0 saturated heterocycles. The SMILES string of the molecule is Cc1cc(C)cc(CCNC2CCC(C(=O)O)CC2)c1.